The zero-order valence-corrected chi connectivity index (χ0v) is 10.5. The molecule has 5 heteroatoms. The summed E-state index contributed by atoms with van der Waals surface area (Å²) in [4.78, 5) is 0. The highest BCUT2D eigenvalue weighted by Gasteiger charge is 2.25. The third-order valence-electron chi connectivity index (χ3n) is 2.22. The van der Waals surface area contributed by atoms with E-state index in [-0.39, 0.29) is 6.42 Å². The first-order valence-electron chi connectivity index (χ1n) is 4.96. The van der Waals surface area contributed by atoms with Crippen LogP contribution in [0.2, 0.25) is 0 Å². The summed E-state index contributed by atoms with van der Waals surface area (Å²) in [7, 11) is 0. The van der Waals surface area contributed by atoms with Gasteiger partial charge >= 0.3 is 6.18 Å². The third kappa shape index (κ3) is 4.43. The lowest BCUT2D eigenvalue weighted by Crippen LogP contribution is -2.11. The summed E-state index contributed by atoms with van der Waals surface area (Å²) in [5.74, 6) is 0. The Morgan fingerprint density at radius 3 is 2.62 bits per heavy atom. The first kappa shape index (κ1) is 13.4. The van der Waals surface area contributed by atoms with E-state index in [2.05, 4.69) is 21.2 Å². The number of rotatable bonds is 4. The van der Waals surface area contributed by atoms with Crippen LogP contribution in [0.5, 0.6) is 0 Å². The highest BCUT2D eigenvalue weighted by molar-refractivity contribution is 9.10. The normalized spacial score (nSPS) is 11.6. The minimum absolute atomic E-state index is 0.0927. The standard InChI is InChI=1S/C11H13BrF3N/c1-8-9(12)4-2-5-10(8)16-7-3-6-11(13,14)15/h2,4-5,16H,3,6-7H2,1H3. The van der Waals surface area contributed by atoms with Crippen molar-refractivity contribution < 1.29 is 13.2 Å². The molecule has 0 fully saturated rings. The molecule has 0 saturated carbocycles. The van der Waals surface area contributed by atoms with Gasteiger partial charge in [0.05, 0.1) is 0 Å². The molecular weight excluding hydrogens is 283 g/mol. The molecule has 0 aliphatic rings. The third-order valence-corrected chi connectivity index (χ3v) is 3.08. The van der Waals surface area contributed by atoms with Gasteiger partial charge in [0, 0.05) is 23.1 Å². The first-order valence-corrected chi connectivity index (χ1v) is 5.75. The van der Waals surface area contributed by atoms with Crippen LogP contribution in [0.15, 0.2) is 22.7 Å². The summed E-state index contributed by atoms with van der Waals surface area (Å²) in [5, 5.41) is 3.00. The van der Waals surface area contributed by atoms with Crippen LogP contribution >= 0.6 is 15.9 Å². The van der Waals surface area contributed by atoms with E-state index in [0.717, 1.165) is 15.7 Å². The number of benzene rings is 1. The highest BCUT2D eigenvalue weighted by Crippen LogP contribution is 2.24. The lowest BCUT2D eigenvalue weighted by molar-refractivity contribution is -0.134. The molecule has 16 heavy (non-hydrogen) atoms. The van der Waals surface area contributed by atoms with Crippen LogP contribution < -0.4 is 5.32 Å². The maximum Gasteiger partial charge on any atom is 0.389 e. The van der Waals surface area contributed by atoms with Crippen molar-refractivity contribution in [1.29, 1.82) is 0 Å². The number of alkyl halides is 3. The maximum absolute atomic E-state index is 11.9. The minimum Gasteiger partial charge on any atom is -0.385 e. The van der Waals surface area contributed by atoms with Gasteiger partial charge in [0.25, 0.3) is 0 Å². The Bertz CT molecular complexity index is 350. The van der Waals surface area contributed by atoms with Gasteiger partial charge in [0.15, 0.2) is 0 Å². The molecule has 0 saturated heterocycles. The lowest BCUT2D eigenvalue weighted by Gasteiger charge is -2.11. The maximum atomic E-state index is 11.9. The zero-order chi connectivity index (χ0) is 12.2. The number of halogens is 4. The van der Waals surface area contributed by atoms with Crippen molar-refractivity contribution >= 4 is 21.6 Å². The summed E-state index contributed by atoms with van der Waals surface area (Å²) in [5.41, 5.74) is 1.88. The van der Waals surface area contributed by atoms with Crippen molar-refractivity contribution in [2.24, 2.45) is 0 Å². The number of hydrogen-bond acceptors (Lipinski definition) is 1. The molecular formula is C11H13BrF3N. The molecule has 0 heterocycles. The van der Waals surface area contributed by atoms with E-state index in [1.165, 1.54) is 0 Å². The second kappa shape index (κ2) is 5.57. The topological polar surface area (TPSA) is 12.0 Å². The van der Waals surface area contributed by atoms with E-state index in [4.69, 9.17) is 0 Å². The Hall–Kier alpha value is -0.710. The molecule has 0 bridgehead atoms. The van der Waals surface area contributed by atoms with Gasteiger partial charge in [-0.2, -0.15) is 13.2 Å². The van der Waals surface area contributed by atoms with E-state index in [0.29, 0.717) is 6.54 Å². The van der Waals surface area contributed by atoms with Crippen molar-refractivity contribution in [3.05, 3.63) is 28.2 Å². The zero-order valence-electron chi connectivity index (χ0n) is 8.87. The Labute approximate surface area is 101 Å². The Balaban J connectivity index is 2.41. The Kier molecular flexibility index (Phi) is 4.65. The van der Waals surface area contributed by atoms with Crippen LogP contribution in [0.3, 0.4) is 0 Å². The molecule has 0 spiro atoms. The molecule has 0 aromatic heterocycles. The van der Waals surface area contributed by atoms with Crippen LogP contribution in [-0.4, -0.2) is 12.7 Å². The highest BCUT2D eigenvalue weighted by atomic mass is 79.9. The quantitative estimate of drug-likeness (QED) is 0.806. The summed E-state index contributed by atoms with van der Waals surface area (Å²) in [6.07, 6.45) is -4.71. The molecule has 0 atom stereocenters. The van der Waals surface area contributed by atoms with Gasteiger partial charge in [-0.05, 0) is 31.0 Å². The summed E-state index contributed by atoms with van der Waals surface area (Å²) < 4.78 is 36.6. The lowest BCUT2D eigenvalue weighted by atomic mass is 10.2. The average molecular weight is 296 g/mol. The predicted octanol–water partition coefficient (Wildman–Crippen LogP) is 4.51. The van der Waals surface area contributed by atoms with Gasteiger partial charge < -0.3 is 5.32 Å². The van der Waals surface area contributed by atoms with Gasteiger partial charge in [0.2, 0.25) is 0 Å². The van der Waals surface area contributed by atoms with E-state index < -0.39 is 12.6 Å². The molecule has 0 amide bonds. The fourth-order valence-corrected chi connectivity index (χ4v) is 1.68. The summed E-state index contributed by atoms with van der Waals surface area (Å²) in [6, 6.07) is 5.60. The molecule has 1 N–H and O–H groups in total. The predicted molar refractivity (Wildman–Crippen MR) is 62.7 cm³/mol. The monoisotopic (exact) mass is 295 g/mol. The van der Waals surface area contributed by atoms with Gasteiger partial charge in [0.1, 0.15) is 0 Å². The largest absolute Gasteiger partial charge is 0.389 e. The van der Waals surface area contributed by atoms with Crippen LogP contribution in [0.1, 0.15) is 18.4 Å². The molecule has 0 radical (unpaired) electrons. The van der Waals surface area contributed by atoms with Crippen molar-refractivity contribution in [2.75, 3.05) is 11.9 Å². The van der Waals surface area contributed by atoms with Gasteiger partial charge in [-0.15, -0.1) is 0 Å². The van der Waals surface area contributed by atoms with E-state index in [1.54, 1.807) is 0 Å². The molecule has 0 aliphatic carbocycles. The van der Waals surface area contributed by atoms with E-state index >= 15 is 0 Å². The first-order chi connectivity index (χ1) is 7.40. The van der Waals surface area contributed by atoms with Gasteiger partial charge in [-0.25, -0.2) is 0 Å². The number of hydrogen-bond donors (Lipinski definition) is 1. The number of nitrogens with one attached hydrogen (secondary N) is 1. The van der Waals surface area contributed by atoms with Crippen LogP contribution in [0.4, 0.5) is 18.9 Å². The molecule has 1 aromatic carbocycles. The fourth-order valence-electron chi connectivity index (χ4n) is 1.31. The Morgan fingerprint density at radius 2 is 2.00 bits per heavy atom. The smallest absolute Gasteiger partial charge is 0.385 e. The average Bonchev–Trinajstić information content (AvgIpc) is 2.17. The molecule has 1 nitrogen and oxygen atoms in total. The van der Waals surface area contributed by atoms with Crippen molar-refractivity contribution in [2.45, 2.75) is 25.9 Å². The minimum atomic E-state index is -4.06. The second-order valence-electron chi connectivity index (χ2n) is 3.56. The van der Waals surface area contributed by atoms with Crippen molar-refractivity contribution in [1.82, 2.24) is 0 Å². The second-order valence-corrected chi connectivity index (χ2v) is 4.41. The summed E-state index contributed by atoms with van der Waals surface area (Å²) >= 11 is 3.37. The molecule has 1 rings (SSSR count). The molecule has 0 aliphatic heterocycles. The van der Waals surface area contributed by atoms with Crippen molar-refractivity contribution in [3.8, 4) is 0 Å². The van der Waals surface area contributed by atoms with Gasteiger partial charge in [-0.1, -0.05) is 22.0 Å². The molecule has 0 unspecified atom stereocenters. The van der Waals surface area contributed by atoms with E-state index in [9.17, 15) is 13.2 Å². The number of anilines is 1. The van der Waals surface area contributed by atoms with Crippen LogP contribution in [0.25, 0.3) is 0 Å². The van der Waals surface area contributed by atoms with Crippen LogP contribution in [-0.2, 0) is 0 Å². The molecule has 1 aromatic rings. The van der Waals surface area contributed by atoms with E-state index in [1.807, 2.05) is 25.1 Å². The summed E-state index contributed by atoms with van der Waals surface area (Å²) in [6.45, 7) is 2.24. The molecule has 90 valence electrons. The SMILES string of the molecule is Cc1c(Br)cccc1NCCCC(F)(F)F. The Morgan fingerprint density at radius 1 is 1.31 bits per heavy atom. The van der Waals surface area contributed by atoms with Crippen molar-refractivity contribution in [3.63, 3.8) is 0 Å². The van der Waals surface area contributed by atoms with Gasteiger partial charge in [-0.3, -0.25) is 0 Å². The fraction of sp³-hybridized carbons (Fsp3) is 0.455. The van der Waals surface area contributed by atoms with Crippen LogP contribution in [0, 0.1) is 6.92 Å².